The molecule has 3 aromatic rings. The normalized spacial score (nSPS) is 19.6. The number of para-hydroxylation sites is 1. The molecule has 2 aliphatic heterocycles. The zero-order chi connectivity index (χ0) is 20.5. The summed E-state index contributed by atoms with van der Waals surface area (Å²) in [5, 5.41) is 7.75. The number of rotatable bonds is 6. The molecule has 3 heterocycles. The van der Waals surface area contributed by atoms with Crippen LogP contribution in [0.1, 0.15) is 29.3 Å². The average Bonchev–Trinajstić information content (AvgIpc) is 3.39. The molecule has 0 saturated carbocycles. The molecule has 0 fully saturated rings. The maximum absolute atomic E-state index is 12.9. The Morgan fingerprint density at radius 2 is 2.07 bits per heavy atom. The highest BCUT2D eigenvalue weighted by molar-refractivity contribution is 5.88. The molecule has 5 rings (SSSR count). The Bertz CT molecular complexity index is 1080. The number of hydrogen-bond donors (Lipinski definition) is 3. The average molecular weight is 407 g/mol. The Hall–Kier alpha value is -3.03. The van der Waals surface area contributed by atoms with Crippen molar-refractivity contribution in [2.24, 2.45) is 0 Å². The fourth-order valence-electron chi connectivity index (χ4n) is 4.31. The van der Waals surface area contributed by atoms with Crippen LogP contribution in [-0.2, 0) is 16.0 Å². The number of carbonyl (C=O) groups excluding carboxylic acids is 1. The van der Waals surface area contributed by atoms with Crippen LogP contribution in [-0.4, -0.2) is 44.0 Å². The molecule has 0 radical (unpaired) electrons. The number of nitrogens with one attached hydrogen (secondary N) is 3. The fourth-order valence-corrected chi connectivity index (χ4v) is 4.31. The molecule has 2 atom stereocenters. The Kier molecular flexibility index (Phi) is 5.06. The van der Waals surface area contributed by atoms with Gasteiger partial charge in [0, 0.05) is 36.9 Å². The quantitative estimate of drug-likeness (QED) is 0.547. The Labute approximate surface area is 174 Å². The molecule has 0 unspecified atom stereocenters. The molecule has 30 heavy (non-hydrogen) atoms. The monoisotopic (exact) mass is 407 g/mol. The molecule has 0 saturated heterocycles. The van der Waals surface area contributed by atoms with Crippen LogP contribution in [0, 0.1) is 0 Å². The van der Waals surface area contributed by atoms with Gasteiger partial charge < -0.3 is 24.5 Å². The standard InChI is InChI=1S/C23H25N3O4/c1-28-10-4-9-24-23(27)18-12-16-15-5-2-3-6-17(15)25-22(16)21(26-18)14-7-8-19-20(11-14)30-13-29-19/h2-3,5-8,11,18,21,25-26H,4,9-10,12-13H2,1H3,(H,24,27)/t18-,21+/m0/s1. The van der Waals surface area contributed by atoms with Crippen molar-refractivity contribution in [3.63, 3.8) is 0 Å². The van der Waals surface area contributed by atoms with Gasteiger partial charge in [0.25, 0.3) is 0 Å². The van der Waals surface area contributed by atoms with Crippen LogP contribution in [0.25, 0.3) is 10.9 Å². The summed E-state index contributed by atoms with van der Waals surface area (Å²) in [5.41, 5.74) is 4.39. The van der Waals surface area contributed by atoms with Crippen LogP contribution in [0.2, 0.25) is 0 Å². The van der Waals surface area contributed by atoms with Gasteiger partial charge in [0.1, 0.15) is 0 Å². The first-order valence-corrected chi connectivity index (χ1v) is 10.3. The first-order chi connectivity index (χ1) is 14.7. The van der Waals surface area contributed by atoms with Crippen molar-refractivity contribution < 1.29 is 19.0 Å². The number of aromatic amines is 1. The van der Waals surface area contributed by atoms with E-state index in [-0.39, 0.29) is 24.8 Å². The fraction of sp³-hybridized carbons (Fsp3) is 0.348. The first-order valence-electron chi connectivity index (χ1n) is 10.3. The van der Waals surface area contributed by atoms with Gasteiger partial charge in [-0.1, -0.05) is 24.3 Å². The highest BCUT2D eigenvalue weighted by Crippen LogP contribution is 2.39. The molecule has 2 aromatic carbocycles. The van der Waals surface area contributed by atoms with Crippen molar-refractivity contribution in [1.29, 1.82) is 0 Å². The Morgan fingerprint density at radius 1 is 1.20 bits per heavy atom. The summed E-state index contributed by atoms with van der Waals surface area (Å²) < 4.78 is 16.1. The summed E-state index contributed by atoms with van der Waals surface area (Å²) in [7, 11) is 1.67. The van der Waals surface area contributed by atoms with E-state index in [4.69, 9.17) is 14.2 Å². The van der Waals surface area contributed by atoms with Gasteiger partial charge in [0.15, 0.2) is 11.5 Å². The lowest BCUT2D eigenvalue weighted by Gasteiger charge is -2.31. The first kappa shape index (κ1) is 19.0. The second-order valence-electron chi connectivity index (χ2n) is 7.67. The van der Waals surface area contributed by atoms with Crippen LogP contribution in [0.5, 0.6) is 11.5 Å². The minimum atomic E-state index is -0.324. The molecule has 1 amide bonds. The highest BCUT2D eigenvalue weighted by atomic mass is 16.7. The number of aromatic nitrogens is 1. The van der Waals surface area contributed by atoms with Gasteiger partial charge in [0.05, 0.1) is 12.1 Å². The number of hydrogen-bond acceptors (Lipinski definition) is 5. The summed E-state index contributed by atoms with van der Waals surface area (Å²) >= 11 is 0. The second-order valence-corrected chi connectivity index (χ2v) is 7.67. The van der Waals surface area contributed by atoms with Crippen molar-refractivity contribution in [3.8, 4) is 11.5 Å². The number of methoxy groups -OCH3 is 1. The zero-order valence-corrected chi connectivity index (χ0v) is 16.9. The van der Waals surface area contributed by atoms with Gasteiger partial charge in [0.2, 0.25) is 12.7 Å². The highest BCUT2D eigenvalue weighted by Gasteiger charge is 2.34. The smallest absolute Gasteiger partial charge is 0.237 e. The summed E-state index contributed by atoms with van der Waals surface area (Å²) in [4.78, 5) is 16.5. The molecular formula is C23H25N3O4. The Balaban J connectivity index is 1.49. The molecule has 156 valence electrons. The second kappa shape index (κ2) is 8.01. The number of amides is 1. The SMILES string of the molecule is COCCCNC(=O)[C@@H]1Cc2c([nH]c3ccccc23)[C@@H](c2ccc3c(c2)OCO3)N1. The van der Waals surface area contributed by atoms with Gasteiger partial charge in [-0.15, -0.1) is 0 Å². The molecule has 1 aromatic heterocycles. The van der Waals surface area contributed by atoms with E-state index < -0.39 is 0 Å². The van der Waals surface area contributed by atoms with Crippen LogP contribution >= 0.6 is 0 Å². The molecule has 3 N–H and O–H groups in total. The van der Waals surface area contributed by atoms with Crippen molar-refractivity contribution in [1.82, 2.24) is 15.6 Å². The van der Waals surface area contributed by atoms with E-state index in [1.807, 2.05) is 30.3 Å². The predicted octanol–water partition coefficient (Wildman–Crippen LogP) is 2.65. The summed E-state index contributed by atoms with van der Waals surface area (Å²) in [6.07, 6.45) is 1.43. The van der Waals surface area contributed by atoms with Gasteiger partial charge >= 0.3 is 0 Å². The van der Waals surface area contributed by atoms with E-state index in [1.165, 1.54) is 5.56 Å². The third kappa shape index (κ3) is 3.40. The van der Waals surface area contributed by atoms with E-state index in [9.17, 15) is 4.79 Å². The minimum Gasteiger partial charge on any atom is -0.454 e. The number of benzene rings is 2. The minimum absolute atomic E-state index is 0.00720. The van der Waals surface area contributed by atoms with Gasteiger partial charge in [-0.3, -0.25) is 10.1 Å². The maximum atomic E-state index is 12.9. The van der Waals surface area contributed by atoms with Gasteiger partial charge in [-0.05, 0) is 42.2 Å². The van der Waals surface area contributed by atoms with E-state index >= 15 is 0 Å². The summed E-state index contributed by atoms with van der Waals surface area (Å²) in [5.74, 6) is 1.49. The summed E-state index contributed by atoms with van der Waals surface area (Å²) in [6, 6.07) is 13.7. The molecule has 0 bridgehead atoms. The number of fused-ring (bicyclic) bond motifs is 4. The van der Waals surface area contributed by atoms with E-state index in [1.54, 1.807) is 7.11 Å². The zero-order valence-electron chi connectivity index (χ0n) is 16.9. The van der Waals surface area contributed by atoms with Crippen molar-refractivity contribution in [3.05, 3.63) is 59.3 Å². The van der Waals surface area contributed by atoms with Crippen molar-refractivity contribution in [2.75, 3.05) is 27.1 Å². The number of carbonyl (C=O) groups is 1. The van der Waals surface area contributed by atoms with Gasteiger partial charge in [-0.2, -0.15) is 0 Å². The number of ether oxygens (including phenoxy) is 3. The van der Waals surface area contributed by atoms with Crippen LogP contribution < -0.4 is 20.1 Å². The topological polar surface area (TPSA) is 84.6 Å². The Morgan fingerprint density at radius 3 is 2.97 bits per heavy atom. The van der Waals surface area contributed by atoms with Crippen molar-refractivity contribution >= 4 is 16.8 Å². The lowest BCUT2D eigenvalue weighted by Crippen LogP contribution is -2.50. The molecule has 0 aliphatic carbocycles. The number of H-pyrrole nitrogens is 1. The van der Waals surface area contributed by atoms with E-state index in [2.05, 4.69) is 27.8 Å². The van der Waals surface area contributed by atoms with Crippen LogP contribution in [0.15, 0.2) is 42.5 Å². The molecule has 7 nitrogen and oxygen atoms in total. The molecule has 7 heteroatoms. The van der Waals surface area contributed by atoms with Gasteiger partial charge in [-0.25, -0.2) is 0 Å². The van der Waals surface area contributed by atoms with Crippen molar-refractivity contribution in [2.45, 2.75) is 24.9 Å². The predicted molar refractivity (Wildman–Crippen MR) is 113 cm³/mol. The maximum Gasteiger partial charge on any atom is 0.237 e. The van der Waals surface area contributed by atoms with Crippen LogP contribution in [0.4, 0.5) is 0 Å². The van der Waals surface area contributed by atoms with E-state index in [0.717, 1.165) is 40.1 Å². The largest absolute Gasteiger partial charge is 0.454 e. The lowest BCUT2D eigenvalue weighted by atomic mass is 9.90. The van der Waals surface area contributed by atoms with E-state index in [0.29, 0.717) is 19.6 Å². The summed E-state index contributed by atoms with van der Waals surface area (Å²) in [6.45, 7) is 1.46. The third-order valence-electron chi connectivity index (χ3n) is 5.78. The lowest BCUT2D eigenvalue weighted by molar-refractivity contribution is -0.123. The molecule has 0 spiro atoms. The molecular weight excluding hydrogens is 382 g/mol. The van der Waals surface area contributed by atoms with Crippen LogP contribution in [0.3, 0.4) is 0 Å². The third-order valence-corrected chi connectivity index (χ3v) is 5.78. The molecule has 2 aliphatic rings.